The summed E-state index contributed by atoms with van der Waals surface area (Å²) >= 11 is 0. The van der Waals surface area contributed by atoms with E-state index in [1.165, 1.54) is 6.07 Å². The molecule has 0 radical (unpaired) electrons. The number of primary amides is 1. The van der Waals surface area contributed by atoms with Crippen molar-refractivity contribution in [3.63, 3.8) is 0 Å². The number of phenols is 2. The van der Waals surface area contributed by atoms with Crippen LogP contribution in [0, 0.1) is 18.8 Å². The lowest BCUT2D eigenvalue weighted by atomic mass is 9.63. The van der Waals surface area contributed by atoms with Crippen molar-refractivity contribution in [3.8, 4) is 11.5 Å². The third kappa shape index (κ3) is 2.46. The fourth-order valence-corrected chi connectivity index (χ4v) is 5.06. The standard InChI is InChI=1S/C22H22N2O6/c1-8-9-5-4-6-12(25)13(9)18(26)14-10(8)7-11-15(19(14)27)20(28)16(22(23)30)21(29)17(11)24(2)3/h4-6,11,15,17,25-26,29H,7H2,1-3H3,(H2,23,30)/t11-,15?,17+/m1/s1. The number of Topliss-reactive ketones (excluding diaryl/α,β-unsaturated/α-hetero) is 2. The van der Waals surface area contributed by atoms with Gasteiger partial charge in [0.25, 0.3) is 5.91 Å². The Kier molecular flexibility index (Phi) is 4.36. The first-order chi connectivity index (χ1) is 14.1. The van der Waals surface area contributed by atoms with Gasteiger partial charge in [-0.25, -0.2) is 0 Å². The number of hydrogen-bond acceptors (Lipinski definition) is 7. The highest BCUT2D eigenvalue weighted by molar-refractivity contribution is 6.29. The van der Waals surface area contributed by atoms with Gasteiger partial charge in [-0.3, -0.25) is 19.3 Å². The van der Waals surface area contributed by atoms with Gasteiger partial charge in [-0.2, -0.15) is 0 Å². The maximum absolute atomic E-state index is 13.5. The SMILES string of the molecule is Cc1c2c(c(O)c3c(O)cccc13)C(=O)C1C(=O)C(C(N)=O)=C(O)[C@@H](N(C)C)[C@@H]1C2. The van der Waals surface area contributed by atoms with Crippen LogP contribution in [0.25, 0.3) is 10.8 Å². The van der Waals surface area contributed by atoms with E-state index in [0.717, 1.165) is 0 Å². The van der Waals surface area contributed by atoms with Crippen molar-refractivity contribution in [2.75, 3.05) is 14.1 Å². The van der Waals surface area contributed by atoms with E-state index in [9.17, 15) is 29.7 Å². The van der Waals surface area contributed by atoms with Crippen molar-refractivity contribution in [1.29, 1.82) is 0 Å². The van der Waals surface area contributed by atoms with Gasteiger partial charge in [0.05, 0.1) is 22.9 Å². The Morgan fingerprint density at radius 1 is 1.13 bits per heavy atom. The average Bonchev–Trinajstić information content (AvgIpc) is 2.64. The van der Waals surface area contributed by atoms with Crippen molar-refractivity contribution in [2.24, 2.45) is 17.6 Å². The number of nitrogens with zero attached hydrogens (tertiary/aromatic N) is 1. The molecular formula is C22H22N2O6. The molecule has 2 aliphatic rings. The molecule has 1 amide bonds. The molecule has 3 atom stereocenters. The van der Waals surface area contributed by atoms with Crippen molar-refractivity contribution in [3.05, 3.63) is 46.2 Å². The summed E-state index contributed by atoms with van der Waals surface area (Å²) in [6.07, 6.45) is 0.224. The zero-order valence-electron chi connectivity index (χ0n) is 16.8. The van der Waals surface area contributed by atoms with Gasteiger partial charge in [0.15, 0.2) is 11.6 Å². The van der Waals surface area contributed by atoms with Gasteiger partial charge in [0.2, 0.25) is 0 Å². The van der Waals surface area contributed by atoms with E-state index >= 15 is 0 Å². The first kappa shape index (κ1) is 19.9. The minimum Gasteiger partial charge on any atom is -0.510 e. The molecule has 2 aromatic carbocycles. The van der Waals surface area contributed by atoms with Gasteiger partial charge in [-0.15, -0.1) is 0 Å². The van der Waals surface area contributed by atoms with E-state index in [0.29, 0.717) is 16.5 Å². The lowest BCUT2D eigenvalue weighted by Gasteiger charge is -2.43. The van der Waals surface area contributed by atoms with Gasteiger partial charge in [0.1, 0.15) is 22.8 Å². The number of nitrogens with two attached hydrogens (primary N) is 1. The highest BCUT2D eigenvalue weighted by Crippen LogP contribution is 2.48. The quantitative estimate of drug-likeness (QED) is 0.432. The molecule has 0 spiro atoms. The molecule has 8 heteroatoms. The number of rotatable bonds is 2. The molecule has 0 saturated carbocycles. The third-order valence-electron chi connectivity index (χ3n) is 6.34. The molecular weight excluding hydrogens is 388 g/mol. The molecule has 5 N–H and O–H groups in total. The Morgan fingerprint density at radius 3 is 2.40 bits per heavy atom. The maximum Gasteiger partial charge on any atom is 0.255 e. The van der Waals surface area contributed by atoms with E-state index in [1.54, 1.807) is 38.1 Å². The van der Waals surface area contributed by atoms with Gasteiger partial charge in [0, 0.05) is 5.92 Å². The molecule has 0 heterocycles. The lowest BCUT2D eigenvalue weighted by molar-refractivity contribution is -0.125. The fraction of sp³-hybridized carbons (Fsp3) is 0.318. The zero-order chi connectivity index (χ0) is 22.1. The number of phenolic OH excluding ortho intramolecular Hbond substituents is 2. The smallest absolute Gasteiger partial charge is 0.255 e. The predicted octanol–water partition coefficient (Wildman–Crippen LogP) is 1.34. The van der Waals surface area contributed by atoms with Gasteiger partial charge in [-0.1, -0.05) is 12.1 Å². The molecule has 2 aliphatic carbocycles. The second kappa shape index (κ2) is 6.56. The number of aromatic hydroxyl groups is 2. The summed E-state index contributed by atoms with van der Waals surface area (Å²) in [5, 5.41) is 32.6. The summed E-state index contributed by atoms with van der Waals surface area (Å²) in [7, 11) is 3.35. The Balaban J connectivity index is 2.02. The van der Waals surface area contributed by atoms with Crippen molar-refractivity contribution in [2.45, 2.75) is 19.4 Å². The minimum atomic E-state index is -1.27. The summed E-state index contributed by atoms with van der Waals surface area (Å²) in [4.78, 5) is 40.1. The van der Waals surface area contributed by atoms with E-state index in [-0.39, 0.29) is 28.9 Å². The van der Waals surface area contributed by atoms with Crippen LogP contribution in [0.2, 0.25) is 0 Å². The van der Waals surface area contributed by atoms with Gasteiger partial charge < -0.3 is 21.1 Å². The minimum absolute atomic E-state index is 0.0289. The molecule has 0 aliphatic heterocycles. The normalized spacial score (nSPS) is 23.7. The molecule has 1 unspecified atom stereocenters. The monoisotopic (exact) mass is 410 g/mol. The van der Waals surface area contributed by atoms with Crippen molar-refractivity contribution >= 4 is 28.2 Å². The topological polar surface area (TPSA) is 141 Å². The lowest BCUT2D eigenvalue weighted by Crippen LogP contribution is -2.54. The molecule has 0 aromatic heterocycles. The molecule has 0 fully saturated rings. The second-order valence-corrected chi connectivity index (χ2v) is 8.13. The van der Waals surface area contributed by atoms with Gasteiger partial charge in [-0.05, 0) is 50.0 Å². The molecule has 2 aromatic rings. The number of aliphatic hydroxyl groups excluding tert-OH is 1. The molecule has 8 nitrogen and oxygen atoms in total. The first-order valence-corrected chi connectivity index (χ1v) is 9.51. The Labute approximate surface area is 172 Å². The number of carbonyl (C=O) groups excluding carboxylic acids is 3. The van der Waals surface area contributed by atoms with Crippen molar-refractivity contribution in [1.82, 2.24) is 4.90 Å². The summed E-state index contributed by atoms with van der Waals surface area (Å²) in [5.41, 5.74) is 5.99. The third-order valence-corrected chi connectivity index (χ3v) is 6.34. The van der Waals surface area contributed by atoms with Crippen LogP contribution in [0.5, 0.6) is 11.5 Å². The molecule has 0 saturated heterocycles. The zero-order valence-corrected chi connectivity index (χ0v) is 16.8. The number of likely N-dealkylation sites (N-methyl/N-ethyl adjacent to an activating group) is 1. The van der Waals surface area contributed by atoms with E-state index < -0.39 is 46.7 Å². The fourth-order valence-electron chi connectivity index (χ4n) is 5.06. The number of ketones is 2. The summed E-state index contributed by atoms with van der Waals surface area (Å²) in [6, 6.07) is 4.02. The first-order valence-electron chi connectivity index (χ1n) is 9.51. The van der Waals surface area contributed by atoms with Crippen LogP contribution in [-0.2, 0) is 16.0 Å². The molecule has 0 bridgehead atoms. The van der Waals surface area contributed by atoms with E-state index in [1.807, 2.05) is 0 Å². The van der Waals surface area contributed by atoms with E-state index in [2.05, 4.69) is 0 Å². The average molecular weight is 410 g/mol. The summed E-state index contributed by atoms with van der Waals surface area (Å²) < 4.78 is 0. The number of carbonyl (C=O) groups is 3. The predicted molar refractivity (Wildman–Crippen MR) is 108 cm³/mol. The van der Waals surface area contributed by atoms with Crippen LogP contribution in [-0.4, -0.2) is 57.8 Å². The maximum atomic E-state index is 13.5. The van der Waals surface area contributed by atoms with Crippen LogP contribution in [0.4, 0.5) is 0 Å². The Morgan fingerprint density at radius 2 is 1.80 bits per heavy atom. The highest BCUT2D eigenvalue weighted by Gasteiger charge is 2.53. The van der Waals surface area contributed by atoms with Gasteiger partial charge >= 0.3 is 0 Å². The van der Waals surface area contributed by atoms with Crippen molar-refractivity contribution < 1.29 is 29.7 Å². The molecule has 156 valence electrons. The number of hydrogen-bond donors (Lipinski definition) is 4. The van der Waals surface area contributed by atoms with Crippen LogP contribution < -0.4 is 5.73 Å². The second-order valence-electron chi connectivity index (χ2n) is 8.13. The number of amides is 1. The summed E-state index contributed by atoms with van der Waals surface area (Å²) in [6.45, 7) is 1.79. The number of aryl methyl sites for hydroxylation is 1. The number of aliphatic hydroxyl groups is 1. The molecule has 30 heavy (non-hydrogen) atoms. The van der Waals surface area contributed by atoms with Crippen LogP contribution >= 0.6 is 0 Å². The number of benzene rings is 2. The van der Waals surface area contributed by atoms with Crippen LogP contribution in [0.1, 0.15) is 21.5 Å². The molecule has 4 rings (SSSR count). The largest absolute Gasteiger partial charge is 0.510 e. The summed E-state index contributed by atoms with van der Waals surface area (Å²) in [5.74, 6) is -5.49. The van der Waals surface area contributed by atoms with E-state index in [4.69, 9.17) is 5.73 Å². The van der Waals surface area contributed by atoms with Crippen LogP contribution in [0.3, 0.4) is 0 Å². The van der Waals surface area contributed by atoms with Crippen LogP contribution in [0.15, 0.2) is 29.5 Å². The number of fused-ring (bicyclic) bond motifs is 3. The highest BCUT2D eigenvalue weighted by atomic mass is 16.3. The Bertz CT molecular complexity index is 1180. The Hall–Kier alpha value is -3.39.